The van der Waals surface area contributed by atoms with E-state index in [2.05, 4.69) is 74.6 Å². The summed E-state index contributed by atoms with van der Waals surface area (Å²) in [5.41, 5.74) is 5.45. The van der Waals surface area contributed by atoms with Gasteiger partial charge in [-0.3, -0.25) is 0 Å². The quantitative estimate of drug-likeness (QED) is 0.793. The maximum absolute atomic E-state index is 3.66. The first kappa shape index (κ1) is 14.8. The van der Waals surface area contributed by atoms with Crippen LogP contribution in [-0.4, -0.2) is 0 Å². The van der Waals surface area contributed by atoms with Crippen LogP contribution in [0.15, 0.2) is 48.5 Å². The Morgan fingerprint density at radius 3 is 2.00 bits per heavy atom. The van der Waals surface area contributed by atoms with E-state index in [4.69, 9.17) is 0 Å². The van der Waals surface area contributed by atoms with E-state index in [-0.39, 0.29) is 0 Å². The van der Waals surface area contributed by atoms with Crippen LogP contribution in [0.2, 0.25) is 0 Å². The van der Waals surface area contributed by atoms with Crippen molar-refractivity contribution >= 4 is 0 Å². The number of benzene rings is 2. The van der Waals surface area contributed by atoms with E-state index in [9.17, 15) is 0 Å². The normalized spacial score (nSPS) is 12.3. The summed E-state index contributed by atoms with van der Waals surface area (Å²) in [6.45, 7) is 7.49. The lowest BCUT2D eigenvalue weighted by Gasteiger charge is -2.18. The molecule has 2 aromatic carbocycles. The van der Waals surface area contributed by atoms with E-state index in [1.54, 1.807) is 0 Å². The summed E-state index contributed by atoms with van der Waals surface area (Å²) in [5, 5.41) is 3.66. The lowest BCUT2D eigenvalue weighted by Crippen LogP contribution is -2.20. The molecule has 0 aliphatic heterocycles. The highest BCUT2D eigenvalue weighted by Crippen LogP contribution is 2.18. The molecule has 0 radical (unpaired) electrons. The van der Waals surface area contributed by atoms with Crippen molar-refractivity contribution in [1.29, 1.82) is 0 Å². The van der Waals surface area contributed by atoms with Crippen LogP contribution in [0.4, 0.5) is 0 Å². The maximum atomic E-state index is 3.66. The Hall–Kier alpha value is -1.60. The van der Waals surface area contributed by atoms with Crippen LogP contribution in [0.5, 0.6) is 0 Å². The van der Waals surface area contributed by atoms with Crippen molar-refractivity contribution < 1.29 is 0 Å². The van der Waals surface area contributed by atoms with Crippen LogP contribution in [0.25, 0.3) is 0 Å². The number of aryl methyl sites for hydroxylation is 2. The van der Waals surface area contributed by atoms with Gasteiger partial charge in [-0.05, 0) is 36.5 Å². The summed E-state index contributed by atoms with van der Waals surface area (Å²) in [6, 6.07) is 18.2. The molecule has 0 spiro atoms. The second-order valence-electron chi connectivity index (χ2n) is 5.42. The van der Waals surface area contributed by atoms with Crippen LogP contribution >= 0.6 is 0 Å². The molecule has 0 amide bonds. The standard InChI is InChI=1S/C19H25N/c1-4-16-8-10-17(11-9-16)14-20-19(5-2)18-12-6-15(3)7-13-18/h6-13,19-20H,4-5,14H2,1-3H3. The summed E-state index contributed by atoms with van der Waals surface area (Å²) in [7, 11) is 0. The monoisotopic (exact) mass is 267 g/mol. The maximum Gasteiger partial charge on any atom is 0.0320 e. The fraction of sp³-hybridized carbons (Fsp3) is 0.368. The van der Waals surface area contributed by atoms with E-state index in [1.807, 2.05) is 0 Å². The smallest absolute Gasteiger partial charge is 0.0320 e. The summed E-state index contributed by atoms with van der Waals surface area (Å²) in [4.78, 5) is 0. The lowest BCUT2D eigenvalue weighted by molar-refractivity contribution is 0.519. The number of rotatable bonds is 6. The lowest BCUT2D eigenvalue weighted by atomic mass is 10.0. The summed E-state index contributed by atoms with van der Waals surface area (Å²) < 4.78 is 0. The zero-order valence-corrected chi connectivity index (χ0v) is 12.8. The van der Waals surface area contributed by atoms with Gasteiger partial charge in [-0.25, -0.2) is 0 Å². The topological polar surface area (TPSA) is 12.0 Å². The van der Waals surface area contributed by atoms with Crippen molar-refractivity contribution in [2.45, 2.75) is 46.2 Å². The molecule has 1 N–H and O–H groups in total. The second-order valence-corrected chi connectivity index (χ2v) is 5.42. The van der Waals surface area contributed by atoms with Gasteiger partial charge in [0.1, 0.15) is 0 Å². The average molecular weight is 267 g/mol. The predicted molar refractivity (Wildman–Crippen MR) is 86.9 cm³/mol. The third-order valence-corrected chi connectivity index (χ3v) is 3.87. The van der Waals surface area contributed by atoms with Gasteiger partial charge >= 0.3 is 0 Å². The van der Waals surface area contributed by atoms with Gasteiger partial charge in [-0.1, -0.05) is 67.9 Å². The largest absolute Gasteiger partial charge is 0.306 e. The van der Waals surface area contributed by atoms with Crippen molar-refractivity contribution in [2.75, 3.05) is 0 Å². The Morgan fingerprint density at radius 2 is 1.45 bits per heavy atom. The highest BCUT2D eigenvalue weighted by atomic mass is 14.9. The van der Waals surface area contributed by atoms with Crippen molar-refractivity contribution in [2.24, 2.45) is 0 Å². The Kier molecular flexibility index (Phi) is 5.37. The van der Waals surface area contributed by atoms with Gasteiger partial charge in [0.05, 0.1) is 0 Å². The van der Waals surface area contributed by atoms with Gasteiger partial charge in [0, 0.05) is 12.6 Å². The molecule has 0 fully saturated rings. The first-order valence-corrected chi connectivity index (χ1v) is 7.60. The first-order chi connectivity index (χ1) is 9.72. The van der Waals surface area contributed by atoms with E-state index in [0.29, 0.717) is 6.04 Å². The van der Waals surface area contributed by atoms with Crippen LogP contribution in [0.1, 0.15) is 48.6 Å². The van der Waals surface area contributed by atoms with Gasteiger partial charge in [0.25, 0.3) is 0 Å². The molecule has 106 valence electrons. The van der Waals surface area contributed by atoms with Crippen LogP contribution in [-0.2, 0) is 13.0 Å². The molecule has 0 aliphatic carbocycles. The van der Waals surface area contributed by atoms with Crippen molar-refractivity contribution in [1.82, 2.24) is 5.32 Å². The summed E-state index contributed by atoms with van der Waals surface area (Å²) >= 11 is 0. The molecule has 0 heterocycles. The Balaban J connectivity index is 1.97. The molecule has 0 saturated carbocycles. The minimum absolute atomic E-state index is 0.432. The molecular weight excluding hydrogens is 242 g/mol. The van der Waals surface area contributed by atoms with Gasteiger partial charge < -0.3 is 5.32 Å². The van der Waals surface area contributed by atoms with Gasteiger partial charge in [0.15, 0.2) is 0 Å². The van der Waals surface area contributed by atoms with Gasteiger partial charge in [0.2, 0.25) is 0 Å². The van der Waals surface area contributed by atoms with E-state index >= 15 is 0 Å². The molecule has 20 heavy (non-hydrogen) atoms. The minimum atomic E-state index is 0.432. The molecular formula is C19H25N. The van der Waals surface area contributed by atoms with Crippen LogP contribution in [0, 0.1) is 6.92 Å². The van der Waals surface area contributed by atoms with Crippen molar-refractivity contribution in [3.05, 3.63) is 70.8 Å². The Labute approximate surface area is 123 Å². The molecule has 0 saturated heterocycles. The zero-order valence-electron chi connectivity index (χ0n) is 12.8. The molecule has 2 aromatic rings. The third-order valence-electron chi connectivity index (χ3n) is 3.87. The van der Waals surface area contributed by atoms with Gasteiger partial charge in [-0.2, -0.15) is 0 Å². The molecule has 0 aromatic heterocycles. The third kappa shape index (κ3) is 3.94. The van der Waals surface area contributed by atoms with Crippen LogP contribution in [0.3, 0.4) is 0 Å². The fourth-order valence-electron chi connectivity index (χ4n) is 2.43. The van der Waals surface area contributed by atoms with Crippen molar-refractivity contribution in [3.63, 3.8) is 0 Å². The van der Waals surface area contributed by atoms with Gasteiger partial charge in [-0.15, -0.1) is 0 Å². The Bertz CT molecular complexity index is 510. The molecule has 2 rings (SSSR count). The minimum Gasteiger partial charge on any atom is -0.306 e. The number of nitrogens with one attached hydrogen (secondary N) is 1. The molecule has 0 aliphatic rings. The molecule has 1 nitrogen and oxygen atoms in total. The average Bonchev–Trinajstić information content (AvgIpc) is 2.50. The summed E-state index contributed by atoms with van der Waals surface area (Å²) in [6.07, 6.45) is 2.21. The van der Waals surface area contributed by atoms with E-state index < -0.39 is 0 Å². The fourth-order valence-corrected chi connectivity index (χ4v) is 2.43. The molecule has 1 heteroatoms. The number of hydrogen-bond acceptors (Lipinski definition) is 1. The second kappa shape index (κ2) is 7.25. The first-order valence-electron chi connectivity index (χ1n) is 7.60. The molecule has 1 atom stereocenters. The highest BCUT2D eigenvalue weighted by molar-refractivity contribution is 5.25. The SMILES string of the molecule is CCc1ccc(CNC(CC)c2ccc(C)cc2)cc1. The molecule has 0 bridgehead atoms. The van der Waals surface area contributed by atoms with Crippen molar-refractivity contribution in [3.8, 4) is 0 Å². The Morgan fingerprint density at radius 1 is 0.850 bits per heavy atom. The van der Waals surface area contributed by atoms with Crippen LogP contribution < -0.4 is 5.32 Å². The summed E-state index contributed by atoms with van der Waals surface area (Å²) in [5.74, 6) is 0. The highest BCUT2D eigenvalue weighted by Gasteiger charge is 2.08. The predicted octanol–water partition coefficient (Wildman–Crippen LogP) is 4.80. The van der Waals surface area contributed by atoms with E-state index in [0.717, 1.165) is 19.4 Å². The number of hydrogen-bond donors (Lipinski definition) is 1. The van der Waals surface area contributed by atoms with E-state index in [1.165, 1.54) is 22.3 Å². The molecule has 1 unspecified atom stereocenters. The zero-order chi connectivity index (χ0) is 14.4.